The number of nitrogens with zero attached hydrogens (tertiary/aromatic N) is 2. The Morgan fingerprint density at radius 2 is 1.83 bits per heavy atom. The summed E-state index contributed by atoms with van der Waals surface area (Å²) in [6, 6.07) is 18.8. The number of hydrogen-bond acceptors (Lipinski definition) is 1. The van der Waals surface area contributed by atoms with Gasteiger partial charge in [0.25, 0.3) is 0 Å². The first-order valence-electron chi connectivity index (χ1n) is 7.88. The summed E-state index contributed by atoms with van der Waals surface area (Å²) in [6.07, 6.45) is 4.19. The quantitative estimate of drug-likeness (QED) is 0.517. The average Bonchev–Trinajstić information content (AvgIpc) is 3.00. The van der Waals surface area contributed by atoms with E-state index in [1.165, 1.54) is 11.1 Å². The molecule has 0 amide bonds. The third kappa shape index (κ3) is 2.97. The van der Waals surface area contributed by atoms with E-state index in [0.717, 1.165) is 33.4 Å². The summed E-state index contributed by atoms with van der Waals surface area (Å²) in [5.74, 6) is 0.921. The van der Waals surface area contributed by atoms with Crippen LogP contribution in [-0.2, 0) is 6.54 Å². The van der Waals surface area contributed by atoms with Crippen LogP contribution < -0.4 is 4.57 Å². The van der Waals surface area contributed by atoms with Crippen molar-refractivity contribution in [2.75, 3.05) is 0 Å². The molecular formula is C20H17BrN3+. The number of rotatable bonds is 3. The number of pyridine rings is 1. The van der Waals surface area contributed by atoms with Gasteiger partial charge in [0.05, 0.1) is 0 Å². The Balaban J connectivity index is 1.68. The zero-order valence-electron chi connectivity index (χ0n) is 13.3. The van der Waals surface area contributed by atoms with Crippen LogP contribution in [0.2, 0.25) is 0 Å². The topological polar surface area (TPSA) is 32.6 Å². The molecule has 0 saturated carbocycles. The molecule has 4 heteroatoms. The minimum Gasteiger partial charge on any atom is -0.333 e. The molecular weight excluding hydrogens is 362 g/mol. The zero-order valence-corrected chi connectivity index (χ0v) is 14.9. The summed E-state index contributed by atoms with van der Waals surface area (Å²) >= 11 is 3.47. The molecule has 0 atom stereocenters. The van der Waals surface area contributed by atoms with E-state index in [9.17, 15) is 0 Å². The van der Waals surface area contributed by atoms with Gasteiger partial charge in [-0.3, -0.25) is 0 Å². The molecule has 0 spiro atoms. The van der Waals surface area contributed by atoms with Gasteiger partial charge in [0, 0.05) is 21.7 Å². The van der Waals surface area contributed by atoms with Crippen LogP contribution in [0.3, 0.4) is 0 Å². The Kier molecular flexibility index (Phi) is 3.90. The highest BCUT2D eigenvalue weighted by Crippen LogP contribution is 2.22. The van der Waals surface area contributed by atoms with Gasteiger partial charge in [0.1, 0.15) is 16.9 Å². The maximum absolute atomic E-state index is 4.73. The van der Waals surface area contributed by atoms with Crippen molar-refractivity contribution in [2.45, 2.75) is 13.5 Å². The van der Waals surface area contributed by atoms with Crippen LogP contribution in [0.1, 0.15) is 11.1 Å². The van der Waals surface area contributed by atoms with Crippen LogP contribution in [0.4, 0.5) is 0 Å². The number of aromatic amines is 1. The number of nitrogens with one attached hydrogen (secondary N) is 1. The Labute approximate surface area is 149 Å². The summed E-state index contributed by atoms with van der Waals surface area (Å²) in [4.78, 5) is 8.18. The maximum atomic E-state index is 4.73. The van der Waals surface area contributed by atoms with Crippen LogP contribution in [0.5, 0.6) is 0 Å². The monoisotopic (exact) mass is 378 g/mol. The second-order valence-electron chi connectivity index (χ2n) is 5.94. The first kappa shape index (κ1) is 15.1. The van der Waals surface area contributed by atoms with Crippen molar-refractivity contribution in [3.05, 3.63) is 82.6 Å². The molecule has 2 heterocycles. The molecule has 24 heavy (non-hydrogen) atoms. The summed E-state index contributed by atoms with van der Waals surface area (Å²) in [6.45, 7) is 2.94. The van der Waals surface area contributed by atoms with Gasteiger partial charge >= 0.3 is 0 Å². The second-order valence-corrected chi connectivity index (χ2v) is 6.86. The number of hydrogen-bond donors (Lipinski definition) is 1. The predicted octanol–water partition coefficient (Wildman–Crippen LogP) is 4.64. The normalized spacial score (nSPS) is 11.1. The fourth-order valence-electron chi connectivity index (χ4n) is 2.87. The van der Waals surface area contributed by atoms with Gasteiger partial charge in [-0.2, -0.15) is 4.57 Å². The van der Waals surface area contributed by atoms with Gasteiger partial charge in [-0.15, -0.1) is 0 Å². The summed E-state index contributed by atoms with van der Waals surface area (Å²) in [5.41, 5.74) is 5.67. The highest BCUT2D eigenvalue weighted by atomic mass is 79.9. The molecule has 0 bridgehead atoms. The van der Waals surface area contributed by atoms with E-state index in [1.807, 2.05) is 12.1 Å². The molecule has 0 aliphatic rings. The zero-order chi connectivity index (χ0) is 16.5. The molecule has 0 radical (unpaired) electrons. The Hall–Kier alpha value is -2.46. The van der Waals surface area contributed by atoms with Gasteiger partial charge in [0.15, 0.2) is 18.9 Å². The molecule has 2 aromatic carbocycles. The Bertz CT molecular complexity index is 1000. The van der Waals surface area contributed by atoms with Gasteiger partial charge in [-0.05, 0) is 24.6 Å². The number of aromatic nitrogens is 3. The number of halogens is 1. The maximum Gasteiger partial charge on any atom is 0.195 e. The predicted molar refractivity (Wildman–Crippen MR) is 99.7 cm³/mol. The third-order valence-corrected chi connectivity index (χ3v) is 4.69. The summed E-state index contributed by atoms with van der Waals surface area (Å²) < 4.78 is 3.27. The second kappa shape index (κ2) is 6.21. The van der Waals surface area contributed by atoms with Crippen LogP contribution in [-0.4, -0.2) is 9.97 Å². The van der Waals surface area contributed by atoms with Crippen molar-refractivity contribution >= 4 is 27.0 Å². The van der Waals surface area contributed by atoms with E-state index >= 15 is 0 Å². The Morgan fingerprint density at radius 3 is 2.62 bits per heavy atom. The van der Waals surface area contributed by atoms with E-state index in [-0.39, 0.29) is 0 Å². The number of aryl methyl sites for hydroxylation is 1. The van der Waals surface area contributed by atoms with Crippen LogP contribution >= 0.6 is 15.9 Å². The third-order valence-electron chi connectivity index (χ3n) is 4.16. The first-order valence-corrected chi connectivity index (χ1v) is 8.67. The van der Waals surface area contributed by atoms with E-state index < -0.39 is 0 Å². The SMILES string of the molecule is Cc1ccccc1-c1nc2cc[n+](Cc3ccc(Br)cc3)cc2[nH]1. The minimum atomic E-state index is 0.835. The molecule has 118 valence electrons. The van der Waals surface area contributed by atoms with Crippen LogP contribution in [0, 0.1) is 6.92 Å². The smallest absolute Gasteiger partial charge is 0.195 e. The number of imidazole rings is 1. The molecule has 0 saturated heterocycles. The van der Waals surface area contributed by atoms with E-state index in [1.54, 1.807) is 0 Å². The molecule has 3 nitrogen and oxygen atoms in total. The van der Waals surface area contributed by atoms with E-state index in [2.05, 4.69) is 87.3 Å². The number of fused-ring (bicyclic) bond motifs is 1. The van der Waals surface area contributed by atoms with Crippen molar-refractivity contribution in [3.8, 4) is 11.4 Å². The fourth-order valence-corrected chi connectivity index (χ4v) is 3.13. The number of benzene rings is 2. The van der Waals surface area contributed by atoms with Crippen molar-refractivity contribution in [3.63, 3.8) is 0 Å². The average molecular weight is 379 g/mol. The highest BCUT2D eigenvalue weighted by Gasteiger charge is 2.11. The standard InChI is InChI=1S/C20H16BrN3/c1-14-4-2-3-5-17(14)20-22-18-10-11-24(13-19(18)23-20)12-15-6-8-16(21)9-7-15/h2-11,13H,12H2,1H3/p+1. The van der Waals surface area contributed by atoms with Crippen molar-refractivity contribution in [2.24, 2.45) is 0 Å². The van der Waals surface area contributed by atoms with Crippen LogP contribution in [0.15, 0.2) is 71.5 Å². The fraction of sp³-hybridized carbons (Fsp3) is 0.100. The molecule has 4 rings (SSSR count). The van der Waals surface area contributed by atoms with Gasteiger partial charge in [-0.1, -0.05) is 52.3 Å². The molecule has 4 aromatic rings. The lowest BCUT2D eigenvalue weighted by molar-refractivity contribution is -0.687. The van der Waals surface area contributed by atoms with Crippen LogP contribution in [0.25, 0.3) is 22.4 Å². The van der Waals surface area contributed by atoms with E-state index in [0.29, 0.717) is 0 Å². The lowest BCUT2D eigenvalue weighted by Crippen LogP contribution is -2.33. The lowest BCUT2D eigenvalue weighted by Gasteiger charge is -2.00. The van der Waals surface area contributed by atoms with Crippen molar-refractivity contribution in [1.82, 2.24) is 9.97 Å². The number of H-pyrrole nitrogens is 1. The summed E-state index contributed by atoms with van der Waals surface area (Å²) in [5, 5.41) is 0. The molecule has 1 N–H and O–H groups in total. The van der Waals surface area contributed by atoms with Crippen molar-refractivity contribution in [1.29, 1.82) is 0 Å². The van der Waals surface area contributed by atoms with Gasteiger partial charge in [-0.25, -0.2) is 4.98 Å². The largest absolute Gasteiger partial charge is 0.333 e. The first-order chi connectivity index (χ1) is 11.7. The lowest BCUT2D eigenvalue weighted by atomic mass is 10.1. The molecule has 0 unspecified atom stereocenters. The van der Waals surface area contributed by atoms with Gasteiger partial charge < -0.3 is 4.98 Å². The van der Waals surface area contributed by atoms with Crippen molar-refractivity contribution < 1.29 is 4.57 Å². The van der Waals surface area contributed by atoms with E-state index in [4.69, 9.17) is 4.98 Å². The Morgan fingerprint density at radius 1 is 1.04 bits per heavy atom. The summed E-state index contributed by atoms with van der Waals surface area (Å²) in [7, 11) is 0. The van der Waals surface area contributed by atoms with Gasteiger partial charge in [0.2, 0.25) is 0 Å². The minimum absolute atomic E-state index is 0.835. The molecule has 0 aliphatic carbocycles. The molecule has 2 aromatic heterocycles. The highest BCUT2D eigenvalue weighted by molar-refractivity contribution is 9.10. The molecule has 0 aliphatic heterocycles. The molecule has 0 fully saturated rings.